The van der Waals surface area contributed by atoms with Crippen LogP contribution in [0.1, 0.15) is 27.7 Å². The fourth-order valence-electron chi connectivity index (χ4n) is 1.45. The Labute approximate surface area is 133 Å². The zero-order chi connectivity index (χ0) is 17.6. The molecular formula is C14H19N3O6. The topological polar surface area (TPSA) is 111 Å². The average molecular weight is 325 g/mol. The van der Waals surface area contributed by atoms with Crippen LogP contribution in [0.15, 0.2) is 24.3 Å². The third-order valence-electron chi connectivity index (χ3n) is 2.41. The van der Waals surface area contributed by atoms with E-state index < -0.39 is 22.7 Å². The van der Waals surface area contributed by atoms with Crippen molar-refractivity contribution in [3.05, 3.63) is 34.4 Å². The van der Waals surface area contributed by atoms with Crippen LogP contribution < -0.4 is 10.2 Å². The van der Waals surface area contributed by atoms with Gasteiger partial charge in [0.15, 0.2) is 0 Å². The summed E-state index contributed by atoms with van der Waals surface area (Å²) in [6.07, 6.45) is -1.63. The molecule has 0 spiro atoms. The number of rotatable bonds is 3. The summed E-state index contributed by atoms with van der Waals surface area (Å²) in [5.41, 5.74) is 1.42. The number of hydrogen-bond donors (Lipinski definition) is 1. The van der Waals surface area contributed by atoms with Crippen LogP contribution in [0.3, 0.4) is 0 Å². The molecule has 1 N–H and O–H groups in total. The lowest BCUT2D eigenvalue weighted by Gasteiger charge is -2.26. The highest BCUT2D eigenvalue weighted by atomic mass is 16.6. The minimum absolute atomic E-state index is 0.105. The van der Waals surface area contributed by atoms with E-state index in [2.05, 4.69) is 5.43 Å². The summed E-state index contributed by atoms with van der Waals surface area (Å²) < 4.78 is 10.1. The third-order valence-corrected chi connectivity index (χ3v) is 2.41. The van der Waals surface area contributed by atoms with Crippen molar-refractivity contribution < 1.29 is 24.0 Å². The van der Waals surface area contributed by atoms with Crippen LogP contribution in [-0.2, 0) is 4.74 Å². The summed E-state index contributed by atoms with van der Waals surface area (Å²) in [5.74, 6) is 0.105. The molecule has 0 unspecified atom stereocenters. The first-order valence-corrected chi connectivity index (χ1v) is 6.86. The highest BCUT2D eigenvalue weighted by molar-refractivity contribution is 5.75. The molecule has 0 aromatic heterocycles. The first-order valence-electron chi connectivity index (χ1n) is 6.86. The van der Waals surface area contributed by atoms with Crippen molar-refractivity contribution in [3.8, 4) is 5.75 Å². The lowest BCUT2D eigenvalue weighted by Crippen LogP contribution is -2.49. The van der Waals surface area contributed by atoms with Gasteiger partial charge in [-0.15, -0.1) is 0 Å². The number of non-ortho nitro benzene ring substituents is 1. The van der Waals surface area contributed by atoms with E-state index in [4.69, 9.17) is 9.47 Å². The number of benzene rings is 1. The molecule has 1 aromatic rings. The van der Waals surface area contributed by atoms with Gasteiger partial charge >= 0.3 is 12.2 Å². The summed E-state index contributed by atoms with van der Waals surface area (Å²) in [5, 5.41) is 11.5. The average Bonchev–Trinajstić information content (AvgIpc) is 2.43. The number of hydrogen-bond acceptors (Lipinski definition) is 6. The number of amides is 2. The van der Waals surface area contributed by atoms with Crippen LogP contribution in [0.2, 0.25) is 0 Å². The number of nitrogens with one attached hydrogen (secondary N) is 1. The Bertz CT molecular complexity index is 579. The Morgan fingerprint density at radius 2 is 1.83 bits per heavy atom. The zero-order valence-corrected chi connectivity index (χ0v) is 13.4. The Balaban J connectivity index is 2.63. The lowest BCUT2D eigenvalue weighted by molar-refractivity contribution is -0.384. The van der Waals surface area contributed by atoms with E-state index in [-0.39, 0.29) is 18.0 Å². The number of hydrazine groups is 1. The van der Waals surface area contributed by atoms with Crippen LogP contribution in [0.4, 0.5) is 15.3 Å². The molecule has 1 rings (SSSR count). The van der Waals surface area contributed by atoms with Gasteiger partial charge in [0.2, 0.25) is 0 Å². The Morgan fingerprint density at radius 3 is 2.26 bits per heavy atom. The number of carbonyl (C=O) groups excluding carboxylic acids is 2. The molecule has 0 atom stereocenters. The highest BCUT2D eigenvalue weighted by Crippen LogP contribution is 2.17. The summed E-state index contributed by atoms with van der Waals surface area (Å²) in [4.78, 5) is 33.6. The molecule has 0 aliphatic carbocycles. The van der Waals surface area contributed by atoms with Crippen molar-refractivity contribution in [1.82, 2.24) is 10.4 Å². The molecule has 9 heteroatoms. The van der Waals surface area contributed by atoms with Gasteiger partial charge in [0.25, 0.3) is 5.69 Å². The van der Waals surface area contributed by atoms with Crippen molar-refractivity contribution >= 4 is 17.9 Å². The van der Waals surface area contributed by atoms with Gasteiger partial charge in [-0.05, 0) is 39.8 Å². The SMILES string of the molecule is CCN(NC(=O)Oc1ccc([N+](=O)[O-])cc1)C(=O)OC(C)(C)C. The molecule has 0 saturated carbocycles. The second-order valence-corrected chi connectivity index (χ2v) is 5.48. The number of ether oxygens (including phenoxy) is 2. The minimum Gasteiger partial charge on any atom is -0.442 e. The fraction of sp³-hybridized carbons (Fsp3) is 0.429. The van der Waals surface area contributed by atoms with E-state index in [0.29, 0.717) is 0 Å². The van der Waals surface area contributed by atoms with Gasteiger partial charge in [0, 0.05) is 18.7 Å². The number of nitro benzene ring substituents is 1. The maximum atomic E-state index is 11.9. The summed E-state index contributed by atoms with van der Waals surface area (Å²) in [6.45, 7) is 6.93. The maximum Gasteiger partial charge on any atom is 0.431 e. The van der Waals surface area contributed by atoms with Crippen LogP contribution >= 0.6 is 0 Å². The normalized spacial score (nSPS) is 10.6. The molecule has 1 aromatic carbocycles. The van der Waals surface area contributed by atoms with Gasteiger partial charge in [-0.1, -0.05) is 0 Å². The van der Waals surface area contributed by atoms with Crippen molar-refractivity contribution in [3.63, 3.8) is 0 Å². The van der Waals surface area contributed by atoms with Gasteiger partial charge in [-0.2, -0.15) is 0 Å². The maximum absolute atomic E-state index is 11.9. The minimum atomic E-state index is -0.911. The van der Waals surface area contributed by atoms with E-state index in [1.54, 1.807) is 27.7 Å². The second-order valence-electron chi connectivity index (χ2n) is 5.48. The van der Waals surface area contributed by atoms with Gasteiger partial charge in [0.05, 0.1) is 4.92 Å². The first kappa shape index (κ1) is 18.2. The monoisotopic (exact) mass is 325 g/mol. The Morgan fingerprint density at radius 1 is 1.26 bits per heavy atom. The predicted molar refractivity (Wildman–Crippen MR) is 80.9 cm³/mol. The van der Waals surface area contributed by atoms with Gasteiger partial charge in [0.1, 0.15) is 11.4 Å². The van der Waals surface area contributed by atoms with Crippen molar-refractivity contribution in [1.29, 1.82) is 0 Å². The fourth-order valence-corrected chi connectivity index (χ4v) is 1.45. The van der Waals surface area contributed by atoms with Crippen LogP contribution in [0.25, 0.3) is 0 Å². The van der Waals surface area contributed by atoms with Gasteiger partial charge < -0.3 is 9.47 Å². The quantitative estimate of drug-likeness (QED) is 0.675. The molecule has 9 nitrogen and oxygen atoms in total. The first-order chi connectivity index (χ1) is 10.6. The number of nitro groups is 1. The van der Waals surface area contributed by atoms with E-state index in [1.165, 1.54) is 24.3 Å². The Kier molecular flexibility index (Phi) is 5.88. The zero-order valence-electron chi connectivity index (χ0n) is 13.4. The molecule has 0 bridgehead atoms. The van der Waals surface area contributed by atoms with E-state index in [9.17, 15) is 19.7 Å². The lowest BCUT2D eigenvalue weighted by atomic mass is 10.2. The molecular weight excluding hydrogens is 306 g/mol. The van der Waals surface area contributed by atoms with Crippen molar-refractivity contribution in [2.45, 2.75) is 33.3 Å². The van der Waals surface area contributed by atoms with E-state index >= 15 is 0 Å². The molecule has 0 fully saturated rings. The summed E-state index contributed by atoms with van der Waals surface area (Å²) in [7, 11) is 0. The molecule has 0 heterocycles. The Hall–Kier alpha value is -2.84. The molecule has 0 saturated heterocycles. The van der Waals surface area contributed by atoms with E-state index in [0.717, 1.165) is 5.01 Å². The smallest absolute Gasteiger partial charge is 0.431 e. The molecule has 126 valence electrons. The molecule has 2 amide bonds. The molecule has 0 aliphatic heterocycles. The van der Waals surface area contributed by atoms with Gasteiger partial charge in [-0.3, -0.25) is 10.1 Å². The van der Waals surface area contributed by atoms with Crippen LogP contribution in [-0.4, -0.2) is 34.3 Å². The standard InChI is InChI=1S/C14H19N3O6/c1-5-16(13(19)23-14(2,3)4)15-12(18)22-11-8-6-10(7-9-11)17(20)21/h6-9H,5H2,1-4H3,(H,15,18). The second kappa shape index (κ2) is 7.43. The van der Waals surface area contributed by atoms with Crippen molar-refractivity contribution in [2.75, 3.05) is 6.54 Å². The largest absolute Gasteiger partial charge is 0.442 e. The van der Waals surface area contributed by atoms with Crippen molar-refractivity contribution in [2.24, 2.45) is 0 Å². The summed E-state index contributed by atoms with van der Waals surface area (Å²) in [6, 6.07) is 4.96. The predicted octanol–water partition coefficient (Wildman–Crippen LogP) is 2.86. The molecule has 0 aliphatic rings. The van der Waals surface area contributed by atoms with Gasteiger partial charge in [-0.25, -0.2) is 20.0 Å². The molecule has 0 radical (unpaired) electrons. The van der Waals surface area contributed by atoms with E-state index in [1.807, 2.05) is 0 Å². The van der Waals surface area contributed by atoms with Crippen LogP contribution in [0.5, 0.6) is 5.75 Å². The third kappa shape index (κ3) is 6.20. The number of carbonyl (C=O) groups is 2. The summed E-state index contributed by atoms with van der Waals surface area (Å²) >= 11 is 0. The van der Waals surface area contributed by atoms with Crippen LogP contribution in [0, 0.1) is 10.1 Å². The highest BCUT2D eigenvalue weighted by Gasteiger charge is 2.23. The number of nitrogens with zero attached hydrogens (tertiary/aromatic N) is 2. The molecule has 23 heavy (non-hydrogen) atoms.